The molecule has 2 aromatic rings. The molecule has 1 amide bonds. The fourth-order valence-electron chi connectivity index (χ4n) is 1.78. The van der Waals surface area contributed by atoms with Crippen molar-refractivity contribution in [3.63, 3.8) is 0 Å². The minimum absolute atomic E-state index is 0.0230. The average molecular weight is 292 g/mol. The highest BCUT2D eigenvalue weighted by Crippen LogP contribution is 2.28. The fourth-order valence-corrected chi connectivity index (χ4v) is 2.00. The third-order valence-electron chi connectivity index (χ3n) is 2.85. The summed E-state index contributed by atoms with van der Waals surface area (Å²) in [4.78, 5) is 12.0. The molecular formula is C15H14ClNO3. The van der Waals surface area contributed by atoms with E-state index in [2.05, 4.69) is 5.32 Å². The van der Waals surface area contributed by atoms with Gasteiger partial charge in [0.15, 0.2) is 11.5 Å². The van der Waals surface area contributed by atoms with Crippen molar-refractivity contribution in [1.82, 2.24) is 0 Å². The number of rotatable bonds is 4. The van der Waals surface area contributed by atoms with Gasteiger partial charge < -0.3 is 15.5 Å². The van der Waals surface area contributed by atoms with Crippen LogP contribution in [-0.2, 0) is 6.42 Å². The number of aryl methyl sites for hydroxylation is 1. The Hall–Kier alpha value is -2.20. The van der Waals surface area contributed by atoms with Crippen LogP contribution >= 0.6 is 11.6 Å². The van der Waals surface area contributed by atoms with Crippen LogP contribution in [0.5, 0.6) is 11.5 Å². The number of nitrogens with one attached hydrogen (secondary N) is 1. The fraction of sp³-hybridized carbons (Fsp3) is 0.133. The van der Waals surface area contributed by atoms with Gasteiger partial charge in [0.1, 0.15) is 0 Å². The van der Waals surface area contributed by atoms with Crippen molar-refractivity contribution in [2.75, 3.05) is 11.2 Å². The number of hydrogen-bond acceptors (Lipinski definition) is 3. The van der Waals surface area contributed by atoms with Crippen LogP contribution in [0.1, 0.15) is 15.9 Å². The summed E-state index contributed by atoms with van der Waals surface area (Å²) in [5.41, 5.74) is 1.71. The van der Waals surface area contributed by atoms with Gasteiger partial charge >= 0.3 is 0 Å². The summed E-state index contributed by atoms with van der Waals surface area (Å²) in [5.74, 6) is -0.689. The van der Waals surface area contributed by atoms with Gasteiger partial charge in [-0.05, 0) is 36.2 Å². The quantitative estimate of drug-likeness (QED) is 0.599. The maximum absolute atomic E-state index is 12.0. The van der Waals surface area contributed by atoms with Crippen LogP contribution < -0.4 is 5.32 Å². The van der Waals surface area contributed by atoms with Crippen molar-refractivity contribution < 1.29 is 15.0 Å². The molecule has 5 heteroatoms. The van der Waals surface area contributed by atoms with Crippen LogP contribution in [0.25, 0.3) is 0 Å². The molecule has 20 heavy (non-hydrogen) atoms. The largest absolute Gasteiger partial charge is 0.504 e. The van der Waals surface area contributed by atoms with E-state index in [-0.39, 0.29) is 11.3 Å². The van der Waals surface area contributed by atoms with Gasteiger partial charge in [-0.25, -0.2) is 0 Å². The minimum atomic E-state index is -0.483. The molecule has 0 aliphatic carbocycles. The number of halogens is 1. The van der Waals surface area contributed by atoms with Crippen LogP contribution in [0.3, 0.4) is 0 Å². The summed E-state index contributed by atoms with van der Waals surface area (Å²) in [6.45, 7) is 0. The topological polar surface area (TPSA) is 69.6 Å². The molecule has 0 radical (unpaired) electrons. The summed E-state index contributed by atoms with van der Waals surface area (Å²) in [6.07, 6.45) is 0.767. The SMILES string of the molecule is O=C(Nc1ccc(CCCl)cc1)c1cccc(O)c1O. The molecule has 0 bridgehead atoms. The molecule has 0 saturated heterocycles. The zero-order chi connectivity index (χ0) is 14.5. The summed E-state index contributed by atoms with van der Waals surface area (Å²) >= 11 is 5.65. The number of carbonyl (C=O) groups excluding carboxylic acids is 1. The molecule has 3 N–H and O–H groups in total. The minimum Gasteiger partial charge on any atom is -0.504 e. The maximum atomic E-state index is 12.0. The number of aromatic hydroxyl groups is 2. The van der Waals surface area contributed by atoms with Crippen LogP contribution in [0.2, 0.25) is 0 Å². The molecule has 2 aromatic carbocycles. The van der Waals surface area contributed by atoms with Gasteiger partial charge in [0.25, 0.3) is 5.91 Å². The van der Waals surface area contributed by atoms with Crippen molar-refractivity contribution in [3.05, 3.63) is 53.6 Å². The van der Waals surface area contributed by atoms with E-state index in [1.54, 1.807) is 12.1 Å². The monoisotopic (exact) mass is 291 g/mol. The van der Waals surface area contributed by atoms with Crippen LogP contribution in [-0.4, -0.2) is 22.0 Å². The highest BCUT2D eigenvalue weighted by molar-refractivity contribution is 6.18. The summed E-state index contributed by atoms with van der Waals surface area (Å²) in [5, 5.41) is 21.7. The third-order valence-corrected chi connectivity index (χ3v) is 3.04. The normalized spacial score (nSPS) is 10.2. The zero-order valence-electron chi connectivity index (χ0n) is 10.6. The molecule has 0 heterocycles. The summed E-state index contributed by atoms with van der Waals surface area (Å²) in [6, 6.07) is 11.5. The van der Waals surface area contributed by atoms with E-state index in [9.17, 15) is 15.0 Å². The van der Waals surface area contributed by atoms with E-state index in [0.717, 1.165) is 12.0 Å². The standard InChI is InChI=1S/C15H14ClNO3/c16-9-8-10-4-6-11(7-5-10)17-15(20)12-2-1-3-13(18)14(12)19/h1-7,18-19H,8-9H2,(H,17,20). The van der Waals surface area contributed by atoms with Crippen molar-refractivity contribution >= 4 is 23.2 Å². The Morgan fingerprint density at radius 1 is 1.10 bits per heavy atom. The second-order valence-electron chi connectivity index (χ2n) is 4.26. The Morgan fingerprint density at radius 3 is 2.45 bits per heavy atom. The van der Waals surface area contributed by atoms with Gasteiger partial charge in [-0.1, -0.05) is 18.2 Å². The average Bonchev–Trinajstić information content (AvgIpc) is 2.44. The van der Waals surface area contributed by atoms with E-state index in [1.807, 2.05) is 12.1 Å². The number of phenols is 2. The molecule has 0 fully saturated rings. The van der Waals surface area contributed by atoms with Crippen molar-refractivity contribution in [2.24, 2.45) is 0 Å². The maximum Gasteiger partial charge on any atom is 0.259 e. The lowest BCUT2D eigenvalue weighted by Crippen LogP contribution is -2.12. The number of anilines is 1. The molecule has 0 aromatic heterocycles. The first-order valence-corrected chi connectivity index (χ1v) is 6.62. The second-order valence-corrected chi connectivity index (χ2v) is 4.64. The molecular weight excluding hydrogens is 278 g/mol. The highest BCUT2D eigenvalue weighted by atomic mass is 35.5. The first kappa shape index (κ1) is 14.2. The predicted molar refractivity (Wildman–Crippen MR) is 78.6 cm³/mol. The van der Waals surface area contributed by atoms with Gasteiger partial charge in [0.05, 0.1) is 5.56 Å². The van der Waals surface area contributed by atoms with E-state index in [0.29, 0.717) is 11.6 Å². The smallest absolute Gasteiger partial charge is 0.259 e. The first-order valence-electron chi connectivity index (χ1n) is 6.09. The Balaban J connectivity index is 2.13. The van der Waals surface area contributed by atoms with Gasteiger partial charge in [0.2, 0.25) is 0 Å². The lowest BCUT2D eigenvalue weighted by Gasteiger charge is -2.08. The van der Waals surface area contributed by atoms with Gasteiger partial charge in [-0.2, -0.15) is 0 Å². The number of phenolic OH excluding ortho intramolecular Hbond substituents is 2. The number of hydrogen-bond donors (Lipinski definition) is 3. The first-order chi connectivity index (χ1) is 9.61. The van der Waals surface area contributed by atoms with E-state index < -0.39 is 11.7 Å². The zero-order valence-corrected chi connectivity index (χ0v) is 11.4. The number of carbonyl (C=O) groups is 1. The second kappa shape index (κ2) is 6.30. The Bertz CT molecular complexity index is 611. The summed E-state index contributed by atoms with van der Waals surface area (Å²) in [7, 11) is 0. The highest BCUT2D eigenvalue weighted by Gasteiger charge is 2.13. The molecule has 0 unspecified atom stereocenters. The number of amides is 1. The number of benzene rings is 2. The molecule has 2 rings (SSSR count). The predicted octanol–water partition coefficient (Wildman–Crippen LogP) is 3.13. The molecule has 0 aliphatic heterocycles. The van der Waals surface area contributed by atoms with E-state index in [4.69, 9.17) is 11.6 Å². The van der Waals surface area contributed by atoms with Crippen molar-refractivity contribution in [1.29, 1.82) is 0 Å². The van der Waals surface area contributed by atoms with Crippen LogP contribution in [0, 0.1) is 0 Å². The Morgan fingerprint density at radius 2 is 1.80 bits per heavy atom. The van der Waals surface area contributed by atoms with E-state index in [1.165, 1.54) is 18.2 Å². The van der Waals surface area contributed by atoms with Crippen molar-refractivity contribution in [2.45, 2.75) is 6.42 Å². The molecule has 104 valence electrons. The van der Waals surface area contributed by atoms with Crippen LogP contribution in [0.4, 0.5) is 5.69 Å². The van der Waals surface area contributed by atoms with Crippen LogP contribution in [0.15, 0.2) is 42.5 Å². The molecule has 4 nitrogen and oxygen atoms in total. The van der Waals surface area contributed by atoms with Gasteiger partial charge in [-0.3, -0.25) is 4.79 Å². The third kappa shape index (κ3) is 3.22. The van der Waals surface area contributed by atoms with E-state index >= 15 is 0 Å². The molecule has 0 spiro atoms. The molecule has 0 aliphatic rings. The molecule has 0 atom stereocenters. The lowest BCUT2D eigenvalue weighted by molar-refractivity contribution is 0.102. The molecule has 0 saturated carbocycles. The van der Waals surface area contributed by atoms with Crippen molar-refractivity contribution in [3.8, 4) is 11.5 Å². The van der Waals surface area contributed by atoms with Gasteiger partial charge in [-0.15, -0.1) is 11.6 Å². The lowest BCUT2D eigenvalue weighted by atomic mass is 10.1. The Labute approximate surface area is 121 Å². The number of para-hydroxylation sites is 1. The summed E-state index contributed by atoms with van der Waals surface area (Å²) < 4.78 is 0. The van der Waals surface area contributed by atoms with Gasteiger partial charge in [0, 0.05) is 11.6 Å². The Kier molecular flexibility index (Phi) is 4.48. The number of alkyl halides is 1.